The van der Waals surface area contributed by atoms with Crippen molar-refractivity contribution < 1.29 is 39.8 Å². The van der Waals surface area contributed by atoms with Crippen LogP contribution in [0.1, 0.15) is 296 Å². The van der Waals surface area contributed by atoms with Gasteiger partial charge in [-0.2, -0.15) is 0 Å². The number of carbonyl (C=O) groups is 1. The van der Waals surface area contributed by atoms with Gasteiger partial charge in [-0.1, -0.05) is 304 Å². The Bertz CT molecular complexity index is 1600. The summed E-state index contributed by atoms with van der Waals surface area (Å²) in [5, 5.41) is 54.7. The van der Waals surface area contributed by atoms with Crippen LogP contribution in [-0.2, 0) is 14.3 Å². The fraction of sp³-hybridized carbons (Fsp3) is 0.764. The predicted molar refractivity (Wildman–Crippen MR) is 345 cm³/mol. The Hall–Kier alpha value is -2.89. The number of hydrogen-bond donors (Lipinski definition) is 6. The molecule has 9 heteroatoms. The van der Waals surface area contributed by atoms with Crippen LogP contribution in [-0.4, -0.2) is 87.5 Å². The monoisotopic (exact) mass is 1130 g/mol. The molecule has 0 aromatic carbocycles. The van der Waals surface area contributed by atoms with Crippen molar-refractivity contribution >= 4 is 5.91 Å². The molecule has 1 amide bonds. The number of unbranched alkanes of at least 4 members (excludes halogenated alkanes) is 34. The van der Waals surface area contributed by atoms with Crippen LogP contribution in [0.15, 0.2) is 97.2 Å². The quantitative estimate of drug-likeness (QED) is 0.0261. The molecule has 0 radical (unpaired) electrons. The van der Waals surface area contributed by atoms with E-state index in [0.717, 1.165) is 103 Å². The van der Waals surface area contributed by atoms with E-state index in [1.165, 1.54) is 173 Å². The molecule has 0 saturated carbocycles. The highest BCUT2D eigenvalue weighted by Gasteiger charge is 2.44. The summed E-state index contributed by atoms with van der Waals surface area (Å²) in [6.45, 7) is 3.66. The Morgan fingerprint density at radius 1 is 0.432 bits per heavy atom. The summed E-state index contributed by atoms with van der Waals surface area (Å²) in [5.74, 6) is -0.202. The molecule has 7 atom stereocenters. The Morgan fingerprint density at radius 2 is 0.778 bits per heavy atom. The van der Waals surface area contributed by atoms with Gasteiger partial charge in [-0.3, -0.25) is 4.79 Å². The van der Waals surface area contributed by atoms with Gasteiger partial charge in [0.05, 0.1) is 25.4 Å². The van der Waals surface area contributed by atoms with Crippen LogP contribution in [0.25, 0.3) is 0 Å². The van der Waals surface area contributed by atoms with Crippen LogP contribution in [0, 0.1) is 0 Å². The van der Waals surface area contributed by atoms with Gasteiger partial charge in [-0.05, 0) is 83.5 Å². The van der Waals surface area contributed by atoms with Gasteiger partial charge in [0.1, 0.15) is 24.4 Å². The van der Waals surface area contributed by atoms with Gasteiger partial charge in [0.25, 0.3) is 0 Å². The van der Waals surface area contributed by atoms with Crippen molar-refractivity contribution in [3.63, 3.8) is 0 Å². The standard InChI is InChI=1S/C72H127NO8/c1-3-5-7-9-11-13-15-17-19-21-23-25-27-29-30-31-32-33-34-35-36-38-39-41-43-45-47-49-51-53-55-57-59-61-66(75)65(64-80-72-71(79)70(78)69(77)67(63-74)81-72)73-68(76)62-60-58-56-54-52-50-48-46-44-42-40-37-28-26-24-22-20-18-16-14-12-10-8-6-4-2/h6,8,12,14,18,20,24,26,37,40,44,46,51,53,59,61,65-67,69-72,74-75,77-79H,3-5,7,9-11,13,15-17,19,21-23,25,27-36,38-39,41-43,45,47-50,52,54-58,60,62-64H2,1-2H3,(H,73,76)/b8-6-,14-12-,20-18-,26-24-,40-37-,46-44-,53-51+,61-59+. The van der Waals surface area contributed by atoms with Crippen molar-refractivity contribution in [2.45, 2.75) is 339 Å². The first kappa shape index (κ1) is 76.1. The first-order valence-corrected chi connectivity index (χ1v) is 34.0. The molecule has 0 spiro atoms. The topological polar surface area (TPSA) is 149 Å². The number of aliphatic hydroxyl groups excluding tert-OH is 5. The number of amides is 1. The minimum atomic E-state index is -1.58. The van der Waals surface area contributed by atoms with Crippen LogP contribution >= 0.6 is 0 Å². The zero-order valence-electron chi connectivity index (χ0n) is 52.3. The van der Waals surface area contributed by atoms with Gasteiger partial charge in [-0.15, -0.1) is 0 Å². The summed E-state index contributed by atoms with van der Waals surface area (Å²) in [5.41, 5.74) is 0. The highest BCUT2D eigenvalue weighted by molar-refractivity contribution is 5.76. The van der Waals surface area contributed by atoms with Crippen molar-refractivity contribution in [1.82, 2.24) is 5.32 Å². The lowest BCUT2D eigenvalue weighted by Gasteiger charge is -2.40. The number of aliphatic hydroxyl groups is 5. The Morgan fingerprint density at radius 3 is 1.19 bits per heavy atom. The van der Waals surface area contributed by atoms with Gasteiger partial charge >= 0.3 is 0 Å². The maximum absolute atomic E-state index is 13.1. The Labute approximate surface area is 498 Å². The van der Waals surface area contributed by atoms with E-state index in [2.05, 4.69) is 104 Å². The largest absolute Gasteiger partial charge is 0.394 e. The molecular formula is C72H127NO8. The summed E-state index contributed by atoms with van der Waals surface area (Å²) >= 11 is 0. The van der Waals surface area contributed by atoms with E-state index in [9.17, 15) is 30.3 Å². The summed E-state index contributed by atoms with van der Waals surface area (Å²) in [7, 11) is 0. The third-order valence-electron chi connectivity index (χ3n) is 15.6. The lowest BCUT2D eigenvalue weighted by Crippen LogP contribution is -2.60. The SMILES string of the molecule is CC/C=C\C/C=C\C/C=C\C/C=C\C/C=C\C/C=C\CCCCCCCCC(=O)NC(COC1OC(CO)C(O)C(O)C1O)C(O)/C=C/CC/C=C/CCCCCCCCCCCCCCCCCCCCCCCCCCCCC. The molecule has 0 aliphatic carbocycles. The minimum Gasteiger partial charge on any atom is -0.394 e. The van der Waals surface area contributed by atoms with Crippen molar-refractivity contribution in [3.05, 3.63) is 97.2 Å². The molecule has 1 aliphatic heterocycles. The molecule has 1 aliphatic rings. The molecule has 1 fully saturated rings. The molecule has 1 rings (SSSR count). The van der Waals surface area contributed by atoms with E-state index in [1.54, 1.807) is 6.08 Å². The molecule has 1 heterocycles. The molecule has 6 N–H and O–H groups in total. The molecular weight excluding hydrogens is 1010 g/mol. The molecule has 1 saturated heterocycles. The molecule has 0 aromatic heterocycles. The Kier molecular flexibility index (Phi) is 56.6. The zero-order valence-corrected chi connectivity index (χ0v) is 52.3. The van der Waals surface area contributed by atoms with Gasteiger partial charge in [0, 0.05) is 6.42 Å². The van der Waals surface area contributed by atoms with Gasteiger partial charge in [0.2, 0.25) is 5.91 Å². The predicted octanol–water partition coefficient (Wildman–Crippen LogP) is 18.3. The van der Waals surface area contributed by atoms with E-state index in [1.807, 2.05) is 6.08 Å². The second kappa shape index (κ2) is 60.2. The number of hydrogen-bond acceptors (Lipinski definition) is 8. The smallest absolute Gasteiger partial charge is 0.220 e. The average molecular weight is 1130 g/mol. The second-order valence-corrected chi connectivity index (χ2v) is 23.2. The lowest BCUT2D eigenvalue weighted by atomic mass is 9.99. The second-order valence-electron chi connectivity index (χ2n) is 23.2. The summed E-state index contributed by atoms with van der Waals surface area (Å²) in [4.78, 5) is 13.1. The van der Waals surface area contributed by atoms with Crippen LogP contribution in [0.5, 0.6) is 0 Å². The van der Waals surface area contributed by atoms with Gasteiger partial charge < -0.3 is 40.3 Å². The zero-order chi connectivity index (χ0) is 58.6. The Balaban J connectivity index is 2.18. The molecule has 468 valence electrons. The highest BCUT2D eigenvalue weighted by atomic mass is 16.7. The average Bonchev–Trinajstić information content (AvgIpc) is 3.49. The van der Waals surface area contributed by atoms with E-state index in [4.69, 9.17) is 9.47 Å². The van der Waals surface area contributed by atoms with E-state index < -0.39 is 49.5 Å². The third kappa shape index (κ3) is 49.1. The van der Waals surface area contributed by atoms with Crippen molar-refractivity contribution in [1.29, 1.82) is 0 Å². The third-order valence-corrected chi connectivity index (χ3v) is 15.6. The maximum Gasteiger partial charge on any atom is 0.220 e. The van der Waals surface area contributed by atoms with E-state index in [-0.39, 0.29) is 12.5 Å². The highest BCUT2D eigenvalue weighted by Crippen LogP contribution is 2.23. The summed E-state index contributed by atoms with van der Waals surface area (Å²) < 4.78 is 11.3. The van der Waals surface area contributed by atoms with Crippen molar-refractivity contribution in [3.8, 4) is 0 Å². The number of allylic oxidation sites excluding steroid dienone is 15. The molecule has 9 nitrogen and oxygen atoms in total. The molecule has 7 unspecified atom stereocenters. The number of ether oxygens (including phenoxy) is 2. The number of rotatable bonds is 58. The van der Waals surface area contributed by atoms with Gasteiger partial charge in [0.15, 0.2) is 6.29 Å². The number of nitrogens with one attached hydrogen (secondary N) is 1. The van der Waals surface area contributed by atoms with Crippen LogP contribution in [0.2, 0.25) is 0 Å². The van der Waals surface area contributed by atoms with Crippen molar-refractivity contribution in [2.24, 2.45) is 0 Å². The van der Waals surface area contributed by atoms with E-state index in [0.29, 0.717) is 6.42 Å². The van der Waals surface area contributed by atoms with Crippen molar-refractivity contribution in [2.75, 3.05) is 13.2 Å². The van der Waals surface area contributed by atoms with Gasteiger partial charge in [-0.25, -0.2) is 0 Å². The minimum absolute atomic E-state index is 0.202. The van der Waals surface area contributed by atoms with E-state index >= 15 is 0 Å². The molecule has 81 heavy (non-hydrogen) atoms. The first-order chi connectivity index (χ1) is 39.8. The van der Waals surface area contributed by atoms with Crippen LogP contribution in [0.3, 0.4) is 0 Å². The summed E-state index contributed by atoms with van der Waals surface area (Å²) in [6.07, 6.45) is 80.8. The molecule has 0 bridgehead atoms. The summed E-state index contributed by atoms with van der Waals surface area (Å²) in [6, 6.07) is -0.839. The number of carbonyl (C=O) groups excluding carboxylic acids is 1. The first-order valence-electron chi connectivity index (χ1n) is 34.0. The fourth-order valence-electron chi connectivity index (χ4n) is 10.4. The lowest BCUT2D eigenvalue weighted by molar-refractivity contribution is -0.302. The fourth-order valence-corrected chi connectivity index (χ4v) is 10.4. The normalized spacial score (nSPS) is 19.0. The maximum atomic E-state index is 13.1. The molecule has 0 aromatic rings. The van der Waals surface area contributed by atoms with Crippen LogP contribution in [0.4, 0.5) is 0 Å². The van der Waals surface area contributed by atoms with Crippen LogP contribution < -0.4 is 5.32 Å².